The van der Waals surface area contributed by atoms with Gasteiger partial charge in [-0.25, -0.2) is 19.5 Å². The zero-order valence-corrected chi connectivity index (χ0v) is 14.7. The standard InChI is InChI=1S/C20H18N6O/c1-21-12-7-8-16-14(9-12)17(20(27)25-16)18-15-10-24-26(19(15)23-11-22-18)13-5-3-2-4-6-13/h7-11,13,17H,2-6H2,(H,25,27). The number of benzene rings is 1. The average Bonchev–Trinajstić information content (AvgIpc) is 3.28. The third kappa shape index (κ3) is 2.48. The Balaban J connectivity index is 1.63. The summed E-state index contributed by atoms with van der Waals surface area (Å²) in [6.07, 6.45) is 9.21. The normalized spacial score (nSPS) is 19.7. The molecule has 7 nitrogen and oxygen atoms in total. The van der Waals surface area contributed by atoms with Gasteiger partial charge >= 0.3 is 0 Å². The topological polar surface area (TPSA) is 77.1 Å². The lowest BCUT2D eigenvalue weighted by molar-refractivity contribution is -0.116. The van der Waals surface area contributed by atoms with Crippen LogP contribution in [0.5, 0.6) is 0 Å². The van der Waals surface area contributed by atoms with E-state index in [9.17, 15) is 4.79 Å². The average molecular weight is 358 g/mol. The molecule has 0 bridgehead atoms. The van der Waals surface area contributed by atoms with E-state index in [-0.39, 0.29) is 5.91 Å². The second-order valence-corrected chi connectivity index (χ2v) is 7.18. The monoisotopic (exact) mass is 358 g/mol. The van der Waals surface area contributed by atoms with Crippen molar-refractivity contribution in [1.82, 2.24) is 19.7 Å². The van der Waals surface area contributed by atoms with Gasteiger partial charge in [0.1, 0.15) is 12.2 Å². The van der Waals surface area contributed by atoms with Crippen LogP contribution in [0.25, 0.3) is 15.9 Å². The predicted molar refractivity (Wildman–Crippen MR) is 101 cm³/mol. The Bertz CT molecular complexity index is 1090. The molecule has 0 saturated heterocycles. The summed E-state index contributed by atoms with van der Waals surface area (Å²) in [7, 11) is 0. The van der Waals surface area contributed by atoms with Gasteiger partial charge in [0.2, 0.25) is 5.91 Å². The van der Waals surface area contributed by atoms with Gasteiger partial charge in [-0.2, -0.15) is 5.10 Å². The molecule has 1 fully saturated rings. The summed E-state index contributed by atoms with van der Waals surface area (Å²) in [5, 5.41) is 8.31. The van der Waals surface area contributed by atoms with Gasteiger partial charge in [0, 0.05) is 5.69 Å². The first-order chi connectivity index (χ1) is 13.3. The van der Waals surface area contributed by atoms with E-state index in [4.69, 9.17) is 6.57 Å². The predicted octanol–water partition coefficient (Wildman–Crippen LogP) is 3.97. The summed E-state index contributed by atoms with van der Waals surface area (Å²) in [6.45, 7) is 7.26. The minimum Gasteiger partial charge on any atom is -0.325 e. The van der Waals surface area contributed by atoms with E-state index in [1.807, 2.05) is 4.68 Å². The molecular weight excluding hydrogens is 340 g/mol. The maximum atomic E-state index is 12.7. The maximum Gasteiger partial charge on any atom is 0.238 e. The van der Waals surface area contributed by atoms with Crippen molar-refractivity contribution in [3.05, 3.63) is 53.4 Å². The summed E-state index contributed by atoms with van der Waals surface area (Å²) in [4.78, 5) is 25.1. The lowest BCUT2D eigenvalue weighted by atomic mass is 9.94. The molecule has 1 N–H and O–H groups in total. The zero-order chi connectivity index (χ0) is 18.4. The smallest absolute Gasteiger partial charge is 0.238 e. The summed E-state index contributed by atoms with van der Waals surface area (Å²) in [6, 6.07) is 5.62. The number of rotatable bonds is 2. The van der Waals surface area contributed by atoms with E-state index in [1.54, 1.807) is 24.4 Å². The number of nitrogens with one attached hydrogen (secondary N) is 1. The van der Waals surface area contributed by atoms with Crippen molar-refractivity contribution in [2.75, 3.05) is 5.32 Å². The summed E-state index contributed by atoms with van der Waals surface area (Å²) in [5.74, 6) is -0.672. The van der Waals surface area contributed by atoms with Gasteiger partial charge in [0.15, 0.2) is 11.3 Å². The van der Waals surface area contributed by atoms with Gasteiger partial charge in [0.05, 0.1) is 29.9 Å². The van der Waals surface area contributed by atoms with Crippen LogP contribution in [0.2, 0.25) is 0 Å². The van der Waals surface area contributed by atoms with Gasteiger partial charge in [-0.15, -0.1) is 0 Å². The third-order valence-electron chi connectivity index (χ3n) is 5.61. The van der Waals surface area contributed by atoms with E-state index >= 15 is 0 Å². The van der Waals surface area contributed by atoms with E-state index in [2.05, 4.69) is 25.2 Å². The molecule has 1 atom stereocenters. The van der Waals surface area contributed by atoms with Crippen LogP contribution in [0.3, 0.4) is 0 Å². The minimum atomic E-state index is -0.545. The van der Waals surface area contributed by atoms with Crippen molar-refractivity contribution < 1.29 is 4.79 Å². The van der Waals surface area contributed by atoms with Crippen LogP contribution in [-0.2, 0) is 4.79 Å². The molecule has 3 heterocycles. The van der Waals surface area contributed by atoms with Gasteiger partial charge < -0.3 is 5.32 Å². The molecule has 27 heavy (non-hydrogen) atoms. The molecule has 3 aromatic rings. The fraction of sp³-hybridized carbons (Fsp3) is 0.350. The number of amides is 1. The first-order valence-electron chi connectivity index (χ1n) is 9.26. The number of carbonyl (C=O) groups is 1. The van der Waals surface area contributed by atoms with E-state index in [0.29, 0.717) is 17.4 Å². The number of anilines is 1. The Hall–Kier alpha value is -3.27. The Kier molecular flexibility index (Phi) is 3.64. The number of hydrogen-bond donors (Lipinski definition) is 1. The van der Waals surface area contributed by atoms with Crippen molar-refractivity contribution in [3.8, 4) is 0 Å². The van der Waals surface area contributed by atoms with Crippen molar-refractivity contribution in [2.24, 2.45) is 0 Å². The SMILES string of the molecule is [C-]#[N+]c1ccc2c(c1)C(c1ncnc3c1cnn3C1CCCCC1)C(=O)N2. The number of aromatic nitrogens is 4. The fourth-order valence-electron chi connectivity index (χ4n) is 4.29. The second-order valence-electron chi connectivity index (χ2n) is 7.18. The molecule has 1 amide bonds. The third-order valence-corrected chi connectivity index (χ3v) is 5.61. The second kappa shape index (κ2) is 6.16. The van der Waals surface area contributed by atoms with E-state index < -0.39 is 5.92 Å². The molecule has 134 valence electrons. The van der Waals surface area contributed by atoms with Crippen LogP contribution < -0.4 is 5.32 Å². The van der Waals surface area contributed by atoms with Crippen molar-refractivity contribution >= 4 is 28.3 Å². The lowest BCUT2D eigenvalue weighted by Crippen LogP contribution is -2.16. The van der Waals surface area contributed by atoms with Gasteiger partial charge in [-0.1, -0.05) is 31.4 Å². The number of carbonyl (C=O) groups excluding carboxylic acids is 1. The van der Waals surface area contributed by atoms with Crippen LogP contribution in [0.15, 0.2) is 30.7 Å². The number of fused-ring (bicyclic) bond motifs is 2. The molecule has 0 spiro atoms. The van der Waals surface area contributed by atoms with Crippen molar-refractivity contribution in [1.29, 1.82) is 0 Å². The van der Waals surface area contributed by atoms with Crippen LogP contribution in [0.1, 0.15) is 55.3 Å². The highest BCUT2D eigenvalue weighted by Crippen LogP contribution is 2.41. The summed E-state index contributed by atoms with van der Waals surface area (Å²) < 4.78 is 2.00. The molecular formula is C20H18N6O. The molecule has 2 aliphatic rings. The maximum absolute atomic E-state index is 12.7. The highest BCUT2D eigenvalue weighted by molar-refractivity contribution is 6.06. The van der Waals surface area contributed by atoms with Gasteiger partial charge in [-0.3, -0.25) is 4.79 Å². The molecule has 1 saturated carbocycles. The van der Waals surface area contributed by atoms with E-state index in [0.717, 1.165) is 35.1 Å². The lowest BCUT2D eigenvalue weighted by Gasteiger charge is -2.22. The quantitative estimate of drug-likeness (QED) is 0.703. The van der Waals surface area contributed by atoms with Crippen LogP contribution >= 0.6 is 0 Å². The van der Waals surface area contributed by atoms with Gasteiger partial charge in [-0.05, 0) is 24.5 Å². The largest absolute Gasteiger partial charge is 0.325 e. The fourth-order valence-corrected chi connectivity index (χ4v) is 4.29. The highest BCUT2D eigenvalue weighted by Gasteiger charge is 2.35. The first kappa shape index (κ1) is 15.9. The Labute approximate surface area is 156 Å². The Morgan fingerprint density at radius 3 is 2.85 bits per heavy atom. The molecule has 1 aromatic carbocycles. The number of nitrogens with zero attached hydrogens (tertiary/aromatic N) is 5. The van der Waals surface area contributed by atoms with Crippen molar-refractivity contribution in [3.63, 3.8) is 0 Å². The Morgan fingerprint density at radius 2 is 2.04 bits per heavy atom. The van der Waals surface area contributed by atoms with Gasteiger partial charge in [0.25, 0.3) is 0 Å². The number of hydrogen-bond acceptors (Lipinski definition) is 4. The van der Waals surface area contributed by atoms with Crippen molar-refractivity contribution in [2.45, 2.75) is 44.1 Å². The molecule has 1 aliphatic carbocycles. The molecule has 1 aliphatic heterocycles. The van der Waals surface area contributed by atoms with Crippen LogP contribution in [-0.4, -0.2) is 25.7 Å². The molecule has 1 unspecified atom stereocenters. The summed E-state index contributed by atoms with van der Waals surface area (Å²) >= 11 is 0. The minimum absolute atomic E-state index is 0.127. The van der Waals surface area contributed by atoms with Crippen LogP contribution in [0, 0.1) is 6.57 Å². The van der Waals surface area contributed by atoms with E-state index in [1.165, 1.54) is 25.6 Å². The molecule has 5 rings (SSSR count). The van der Waals surface area contributed by atoms with Crippen LogP contribution in [0.4, 0.5) is 11.4 Å². The summed E-state index contributed by atoms with van der Waals surface area (Å²) in [5.41, 5.74) is 3.48. The molecule has 0 radical (unpaired) electrons. The highest BCUT2D eigenvalue weighted by atomic mass is 16.2. The first-order valence-corrected chi connectivity index (χ1v) is 9.26. The molecule has 2 aromatic heterocycles. The zero-order valence-electron chi connectivity index (χ0n) is 14.7. The molecule has 7 heteroatoms. The Morgan fingerprint density at radius 1 is 1.19 bits per heavy atom.